The molecule has 0 unspecified atom stereocenters. The number of aliphatic hydroxyl groups is 1. The summed E-state index contributed by atoms with van der Waals surface area (Å²) >= 11 is 0. The number of likely N-dealkylation sites (N-methyl/N-ethyl adjacent to an activating group) is 1. The van der Waals surface area contributed by atoms with Gasteiger partial charge in [0.15, 0.2) is 5.60 Å². The van der Waals surface area contributed by atoms with E-state index in [0.29, 0.717) is 47.3 Å². The molecule has 1 aliphatic carbocycles. The summed E-state index contributed by atoms with van der Waals surface area (Å²) < 4.78 is 27.6. The SMILES string of the molecule is CC[C@@]1(O)C(=O)OCc2c1cc1n(c2=O)Cc2c-1nc1cc(F)c(C)c3c1c2[C@@H](N(C)C(=O)COCNC(=O)CNC(=O)[C@@H](C)Cc1ccccc1)CC3. The van der Waals surface area contributed by atoms with E-state index in [1.54, 1.807) is 38.8 Å². The second kappa shape index (κ2) is 14.4. The minimum atomic E-state index is -2.00. The van der Waals surface area contributed by atoms with Crippen LogP contribution in [0.15, 0.2) is 47.3 Å². The molecule has 14 heteroatoms. The van der Waals surface area contributed by atoms with E-state index in [2.05, 4.69) is 10.6 Å². The zero-order chi connectivity index (χ0) is 38.5. The van der Waals surface area contributed by atoms with E-state index in [1.807, 2.05) is 30.3 Å². The topological polar surface area (TPSA) is 169 Å². The minimum absolute atomic E-state index is 0.00933. The maximum absolute atomic E-state index is 15.3. The first-order chi connectivity index (χ1) is 25.8. The second-order valence-electron chi connectivity index (χ2n) is 14.3. The molecule has 2 aromatic carbocycles. The minimum Gasteiger partial charge on any atom is -0.458 e. The molecule has 0 saturated carbocycles. The first kappa shape index (κ1) is 36.9. The van der Waals surface area contributed by atoms with E-state index in [-0.39, 0.29) is 68.3 Å². The Hall–Kier alpha value is -5.47. The fraction of sp³-hybridized carbons (Fsp3) is 0.400. The molecule has 2 aromatic heterocycles. The molecule has 0 fully saturated rings. The number of carbonyl (C=O) groups is 4. The third kappa shape index (κ3) is 6.32. The molecule has 0 saturated heterocycles. The first-order valence-electron chi connectivity index (χ1n) is 18.1. The zero-order valence-electron chi connectivity index (χ0n) is 30.6. The fourth-order valence-corrected chi connectivity index (χ4v) is 7.93. The van der Waals surface area contributed by atoms with Gasteiger partial charge in [-0.25, -0.2) is 14.2 Å². The van der Waals surface area contributed by atoms with E-state index in [1.165, 1.54) is 10.6 Å². The molecule has 0 radical (unpaired) electrons. The summed E-state index contributed by atoms with van der Waals surface area (Å²) in [5, 5.41) is 17.2. The van der Waals surface area contributed by atoms with Crippen LogP contribution in [0.5, 0.6) is 0 Å². The molecule has 3 amide bonds. The van der Waals surface area contributed by atoms with Gasteiger partial charge in [-0.2, -0.15) is 0 Å². The summed E-state index contributed by atoms with van der Waals surface area (Å²) in [6.45, 7) is 4.13. The number of hydrogen-bond donors (Lipinski definition) is 3. The number of fused-ring (bicyclic) bond motifs is 5. The highest BCUT2D eigenvalue weighted by Gasteiger charge is 2.46. The number of benzene rings is 2. The summed E-state index contributed by atoms with van der Waals surface area (Å²) in [6, 6.07) is 12.1. The van der Waals surface area contributed by atoms with Crippen LogP contribution < -0.4 is 16.2 Å². The predicted molar refractivity (Wildman–Crippen MR) is 194 cm³/mol. The molecule has 13 nitrogen and oxygen atoms in total. The van der Waals surface area contributed by atoms with E-state index in [9.17, 15) is 29.1 Å². The van der Waals surface area contributed by atoms with Crippen molar-refractivity contribution in [1.82, 2.24) is 25.1 Å². The molecule has 3 atom stereocenters. The van der Waals surface area contributed by atoms with Crippen LogP contribution in [0, 0.1) is 18.7 Å². The molecular formula is C40H42FN5O8. The predicted octanol–water partition coefficient (Wildman–Crippen LogP) is 3.06. The van der Waals surface area contributed by atoms with Gasteiger partial charge in [0.25, 0.3) is 5.56 Å². The summed E-state index contributed by atoms with van der Waals surface area (Å²) in [4.78, 5) is 71.5. The highest BCUT2D eigenvalue weighted by molar-refractivity contribution is 5.94. The molecular weight excluding hydrogens is 697 g/mol. The van der Waals surface area contributed by atoms with Crippen LogP contribution in [0.25, 0.3) is 22.3 Å². The molecule has 54 heavy (non-hydrogen) atoms. The van der Waals surface area contributed by atoms with E-state index < -0.39 is 34.9 Å². The fourth-order valence-electron chi connectivity index (χ4n) is 7.93. The molecule has 3 N–H and O–H groups in total. The van der Waals surface area contributed by atoms with Crippen LogP contribution in [-0.4, -0.2) is 70.2 Å². The number of rotatable bonds is 11. The van der Waals surface area contributed by atoms with Gasteiger partial charge in [-0.1, -0.05) is 44.2 Å². The number of hydrogen-bond acceptors (Lipinski definition) is 9. The number of carbonyl (C=O) groups excluding carboxylic acids is 4. The van der Waals surface area contributed by atoms with E-state index in [4.69, 9.17) is 14.5 Å². The standard InChI is InChI=1S/C40H42FN5O8/c1-5-40(52)27-14-31-36-25(17-46(31)38(50)26(27)18-54-39(40)51)35-30(12-11-24-22(3)28(41)15-29(44-36)34(24)35)45(4)33(48)19-53-20-43-32(47)16-42-37(49)21(2)13-23-9-7-6-8-10-23/h6-10,14-15,21,30,52H,5,11-13,16-20H2,1-4H3,(H,42,49)(H,43,47)/t21-,30-,40-/m0/s1. The van der Waals surface area contributed by atoms with Gasteiger partial charge in [0.1, 0.15) is 25.8 Å². The van der Waals surface area contributed by atoms with Crippen LogP contribution in [0.2, 0.25) is 0 Å². The van der Waals surface area contributed by atoms with E-state index in [0.717, 1.165) is 22.1 Å². The number of pyridine rings is 2. The highest BCUT2D eigenvalue weighted by Crippen LogP contribution is 2.47. The van der Waals surface area contributed by atoms with Crippen molar-refractivity contribution in [2.24, 2.45) is 5.92 Å². The second-order valence-corrected chi connectivity index (χ2v) is 14.3. The normalized spacial score (nSPS) is 18.6. The zero-order valence-corrected chi connectivity index (χ0v) is 30.6. The Morgan fingerprint density at radius 2 is 1.91 bits per heavy atom. The van der Waals surface area contributed by atoms with Gasteiger partial charge in [0.05, 0.1) is 41.6 Å². The van der Waals surface area contributed by atoms with Gasteiger partial charge < -0.3 is 34.7 Å². The van der Waals surface area contributed by atoms with Crippen molar-refractivity contribution in [2.75, 3.05) is 26.9 Å². The monoisotopic (exact) mass is 739 g/mol. The summed E-state index contributed by atoms with van der Waals surface area (Å²) in [5.41, 5.74) is 2.84. The van der Waals surface area contributed by atoms with Gasteiger partial charge in [-0.15, -0.1) is 0 Å². The summed E-state index contributed by atoms with van der Waals surface area (Å²) in [5.74, 6) is -2.67. The van der Waals surface area contributed by atoms with Crippen LogP contribution in [0.1, 0.15) is 71.7 Å². The molecule has 282 valence electrons. The van der Waals surface area contributed by atoms with Crippen molar-refractivity contribution < 1.29 is 38.1 Å². The molecule has 4 aromatic rings. The van der Waals surface area contributed by atoms with Crippen molar-refractivity contribution in [3.05, 3.63) is 97.6 Å². The van der Waals surface area contributed by atoms with Gasteiger partial charge >= 0.3 is 5.97 Å². The van der Waals surface area contributed by atoms with Gasteiger partial charge in [0.2, 0.25) is 17.7 Å². The number of nitrogens with one attached hydrogen (secondary N) is 2. The van der Waals surface area contributed by atoms with Crippen molar-refractivity contribution >= 4 is 34.6 Å². The Bertz CT molecular complexity index is 2270. The largest absolute Gasteiger partial charge is 0.458 e. The molecule has 3 aliphatic rings. The van der Waals surface area contributed by atoms with Crippen molar-refractivity contribution in [1.29, 1.82) is 0 Å². The lowest BCUT2D eigenvalue weighted by atomic mass is 9.81. The number of ether oxygens (including phenoxy) is 2. The summed E-state index contributed by atoms with van der Waals surface area (Å²) in [7, 11) is 1.65. The molecule has 0 spiro atoms. The quantitative estimate of drug-likeness (QED) is 0.105. The Labute approximate surface area is 310 Å². The van der Waals surface area contributed by atoms with Crippen LogP contribution in [0.4, 0.5) is 4.39 Å². The average molecular weight is 740 g/mol. The Balaban J connectivity index is 1.08. The Morgan fingerprint density at radius 1 is 1.15 bits per heavy atom. The van der Waals surface area contributed by atoms with Crippen LogP contribution in [0.3, 0.4) is 0 Å². The smallest absolute Gasteiger partial charge is 0.343 e. The molecule has 2 aliphatic heterocycles. The van der Waals surface area contributed by atoms with Gasteiger partial charge in [-0.05, 0) is 60.9 Å². The van der Waals surface area contributed by atoms with Crippen LogP contribution >= 0.6 is 0 Å². The molecule has 4 heterocycles. The van der Waals surface area contributed by atoms with Gasteiger partial charge in [0, 0.05) is 35.5 Å². The van der Waals surface area contributed by atoms with E-state index >= 15 is 4.39 Å². The van der Waals surface area contributed by atoms with Crippen LogP contribution in [-0.2, 0) is 60.2 Å². The number of aryl methyl sites for hydroxylation is 1. The maximum atomic E-state index is 15.3. The third-order valence-corrected chi connectivity index (χ3v) is 11.1. The first-order valence-corrected chi connectivity index (χ1v) is 18.1. The van der Waals surface area contributed by atoms with Gasteiger partial charge in [-0.3, -0.25) is 19.2 Å². The number of amides is 3. The lowest BCUT2D eigenvalue weighted by Crippen LogP contribution is -2.44. The number of aromatic nitrogens is 2. The number of esters is 1. The van der Waals surface area contributed by atoms with Crippen molar-refractivity contribution in [2.45, 2.75) is 71.2 Å². The highest BCUT2D eigenvalue weighted by atomic mass is 19.1. The lowest BCUT2D eigenvalue weighted by molar-refractivity contribution is -0.172. The Morgan fingerprint density at radius 3 is 2.65 bits per heavy atom. The van der Waals surface area contributed by atoms with Crippen molar-refractivity contribution in [3.63, 3.8) is 0 Å². The van der Waals surface area contributed by atoms with Crippen molar-refractivity contribution in [3.8, 4) is 11.4 Å². The number of halogens is 1. The maximum Gasteiger partial charge on any atom is 0.343 e. The number of cyclic esters (lactones) is 1. The third-order valence-electron chi connectivity index (χ3n) is 11.1. The lowest BCUT2D eigenvalue weighted by Gasteiger charge is -2.35. The summed E-state index contributed by atoms with van der Waals surface area (Å²) in [6.07, 6.45) is 1.47. The molecule has 0 bridgehead atoms. The Kier molecular flexibility index (Phi) is 9.83. The molecule has 7 rings (SSSR count). The number of nitrogens with zero attached hydrogens (tertiary/aromatic N) is 3. The average Bonchev–Trinajstić information content (AvgIpc) is 3.54.